The van der Waals surface area contributed by atoms with E-state index in [0.717, 1.165) is 56.2 Å². The molecule has 0 saturated carbocycles. The molecule has 0 spiro atoms. The molecule has 0 N–H and O–H groups in total. The molecule has 0 amide bonds. The summed E-state index contributed by atoms with van der Waals surface area (Å²) >= 11 is 0. The fraction of sp³-hybridized carbons (Fsp3) is 0.0488. The number of para-hydroxylation sites is 3. The number of imidazole rings is 1. The average molecular weight is 605 g/mol. The number of hydrogen-bond acceptors (Lipinski definition) is 4. The zero-order chi connectivity index (χ0) is 30.9. The number of pyridine rings is 2. The molecule has 0 fully saturated rings. The van der Waals surface area contributed by atoms with Gasteiger partial charge >= 0.3 is 0 Å². The van der Waals surface area contributed by atoms with Gasteiger partial charge in [0.1, 0.15) is 17.2 Å². The molecule has 6 nitrogen and oxygen atoms in total. The van der Waals surface area contributed by atoms with E-state index < -0.39 is 0 Å². The van der Waals surface area contributed by atoms with Gasteiger partial charge in [0.15, 0.2) is 0 Å². The van der Waals surface area contributed by atoms with E-state index in [0.29, 0.717) is 0 Å². The van der Waals surface area contributed by atoms with Crippen LogP contribution in [0.5, 0.6) is 0 Å². The van der Waals surface area contributed by atoms with Crippen LogP contribution in [0.4, 0.5) is 11.4 Å². The van der Waals surface area contributed by atoms with Crippen LogP contribution >= 0.6 is 0 Å². The Morgan fingerprint density at radius 1 is 0.596 bits per heavy atom. The van der Waals surface area contributed by atoms with E-state index in [9.17, 15) is 0 Å². The lowest BCUT2D eigenvalue weighted by Gasteiger charge is -2.29. The van der Waals surface area contributed by atoms with E-state index in [1.807, 2.05) is 42.9 Å². The zero-order valence-corrected chi connectivity index (χ0v) is 25.3. The van der Waals surface area contributed by atoms with Crippen molar-refractivity contribution >= 4 is 44.2 Å². The van der Waals surface area contributed by atoms with E-state index in [-0.39, 0.29) is 12.0 Å². The zero-order valence-electron chi connectivity index (χ0n) is 25.3. The number of nitrogens with zero attached hydrogens (tertiary/aromatic N) is 6. The predicted octanol–water partition coefficient (Wildman–Crippen LogP) is 9.31. The summed E-state index contributed by atoms with van der Waals surface area (Å²) < 4.78 is 4.71. The van der Waals surface area contributed by atoms with Crippen LogP contribution in [0.1, 0.15) is 11.5 Å². The molecule has 2 atom stereocenters. The number of anilines is 2. The topological polar surface area (TPSA) is 51.8 Å². The lowest BCUT2D eigenvalue weighted by atomic mass is 9.89. The summed E-state index contributed by atoms with van der Waals surface area (Å²) in [7, 11) is 0. The third-order valence-electron chi connectivity index (χ3n) is 9.57. The van der Waals surface area contributed by atoms with Gasteiger partial charge in [-0.1, -0.05) is 85.0 Å². The van der Waals surface area contributed by atoms with Gasteiger partial charge in [-0.25, -0.2) is 9.97 Å². The smallest absolute Gasteiger partial charge is 0.147 e. The molecule has 5 heterocycles. The highest BCUT2D eigenvalue weighted by atomic mass is 15.2. The van der Waals surface area contributed by atoms with Crippen molar-refractivity contribution in [1.82, 2.24) is 24.1 Å². The molecule has 6 heteroatoms. The van der Waals surface area contributed by atoms with Crippen molar-refractivity contribution < 1.29 is 0 Å². The Bertz CT molecular complexity index is 2510. The van der Waals surface area contributed by atoms with Crippen molar-refractivity contribution in [1.29, 1.82) is 0 Å². The summed E-state index contributed by atoms with van der Waals surface area (Å²) in [5.41, 5.74) is 10.1. The molecule has 8 aromatic rings. The Morgan fingerprint density at radius 2 is 1.32 bits per heavy atom. The largest absolute Gasteiger partial charge is 0.331 e. The van der Waals surface area contributed by atoms with Crippen molar-refractivity contribution in [2.24, 2.45) is 0 Å². The average Bonchev–Trinajstić information content (AvgIpc) is 3.81. The molecule has 1 aliphatic carbocycles. The van der Waals surface area contributed by atoms with E-state index in [1.165, 1.54) is 16.5 Å². The lowest BCUT2D eigenvalue weighted by Crippen LogP contribution is -2.28. The second kappa shape index (κ2) is 10.1. The number of allylic oxidation sites excluding steroid dienone is 2. The Kier molecular flexibility index (Phi) is 5.60. The number of hydrogen-bond donors (Lipinski definition) is 0. The van der Waals surface area contributed by atoms with E-state index in [2.05, 4.69) is 134 Å². The summed E-state index contributed by atoms with van der Waals surface area (Å²) in [4.78, 5) is 17.4. The van der Waals surface area contributed by atoms with Gasteiger partial charge in [0.2, 0.25) is 0 Å². The van der Waals surface area contributed by atoms with Crippen molar-refractivity contribution in [3.8, 4) is 22.9 Å². The molecule has 1 aliphatic heterocycles. The van der Waals surface area contributed by atoms with Crippen LogP contribution in [0.2, 0.25) is 0 Å². The van der Waals surface area contributed by atoms with E-state index >= 15 is 0 Å². The summed E-state index contributed by atoms with van der Waals surface area (Å²) in [5, 5.41) is 2.33. The lowest BCUT2D eigenvalue weighted by molar-refractivity contribution is 0.746. The number of fused-ring (bicyclic) bond motifs is 10. The standard InChI is InChI=1S/C41H28N6/c1-3-13-28(14-4-1)45-32-19-9-7-17-30(32)35-37-40(47(34-21-11-12-24-43-34)41(44-37)27-22-25-42-26-23-27)39-36(38(35)45)31-18-8-10-20-33(31)46(39)29-15-5-2-6-16-29/h1-26,31,33H. The van der Waals surface area contributed by atoms with Crippen molar-refractivity contribution in [2.75, 3.05) is 4.90 Å². The molecular formula is C41H28N6. The third kappa shape index (κ3) is 3.69. The van der Waals surface area contributed by atoms with Crippen LogP contribution in [-0.4, -0.2) is 30.1 Å². The second-order valence-electron chi connectivity index (χ2n) is 12.1. The highest BCUT2D eigenvalue weighted by Crippen LogP contribution is 2.56. The van der Waals surface area contributed by atoms with Gasteiger partial charge in [0.25, 0.3) is 0 Å². The summed E-state index contributed by atoms with van der Waals surface area (Å²) in [6.07, 6.45) is 14.6. The van der Waals surface area contributed by atoms with Crippen LogP contribution in [0.25, 0.3) is 55.7 Å². The van der Waals surface area contributed by atoms with Crippen molar-refractivity contribution in [3.05, 3.63) is 164 Å². The Labute approximate surface area is 271 Å². The Morgan fingerprint density at radius 3 is 2.11 bits per heavy atom. The van der Waals surface area contributed by atoms with Crippen LogP contribution in [0.15, 0.2) is 158 Å². The summed E-state index contributed by atoms with van der Waals surface area (Å²) in [5.74, 6) is 1.77. The predicted molar refractivity (Wildman–Crippen MR) is 190 cm³/mol. The fourth-order valence-corrected chi connectivity index (χ4v) is 7.74. The van der Waals surface area contributed by atoms with Crippen molar-refractivity contribution in [3.63, 3.8) is 0 Å². The highest BCUT2D eigenvalue weighted by Gasteiger charge is 2.43. The first kappa shape index (κ1) is 26.0. The molecule has 0 radical (unpaired) electrons. The Balaban J connectivity index is 1.50. The minimum atomic E-state index is 0.0879. The first-order valence-electron chi connectivity index (χ1n) is 16.0. The molecule has 2 unspecified atom stereocenters. The normalized spacial score (nSPS) is 16.7. The van der Waals surface area contributed by atoms with Crippen LogP contribution in [0, 0.1) is 0 Å². The number of benzene rings is 4. The minimum absolute atomic E-state index is 0.0879. The first-order valence-corrected chi connectivity index (χ1v) is 16.0. The number of aromatic nitrogens is 5. The molecule has 47 heavy (non-hydrogen) atoms. The van der Waals surface area contributed by atoms with Gasteiger partial charge in [0.05, 0.1) is 28.3 Å². The first-order chi connectivity index (χ1) is 23.4. The Hall–Kier alpha value is -6.27. The second-order valence-corrected chi connectivity index (χ2v) is 12.1. The van der Waals surface area contributed by atoms with Crippen LogP contribution < -0.4 is 4.90 Å². The van der Waals surface area contributed by atoms with Crippen molar-refractivity contribution in [2.45, 2.75) is 12.0 Å². The molecule has 0 saturated heterocycles. The third-order valence-corrected chi connectivity index (χ3v) is 9.57. The maximum Gasteiger partial charge on any atom is 0.147 e. The summed E-state index contributed by atoms with van der Waals surface area (Å²) in [6, 6.07) is 40.5. The fourth-order valence-electron chi connectivity index (χ4n) is 7.74. The van der Waals surface area contributed by atoms with Gasteiger partial charge < -0.3 is 9.47 Å². The monoisotopic (exact) mass is 604 g/mol. The highest BCUT2D eigenvalue weighted by molar-refractivity contribution is 6.25. The molecular weight excluding hydrogens is 576 g/mol. The molecule has 4 aromatic carbocycles. The van der Waals surface area contributed by atoms with Crippen LogP contribution in [-0.2, 0) is 0 Å². The van der Waals surface area contributed by atoms with E-state index in [1.54, 1.807) is 0 Å². The van der Waals surface area contributed by atoms with Crippen LogP contribution in [0.3, 0.4) is 0 Å². The van der Waals surface area contributed by atoms with E-state index in [4.69, 9.17) is 9.97 Å². The molecule has 10 rings (SSSR count). The quantitative estimate of drug-likeness (QED) is 0.201. The molecule has 0 bridgehead atoms. The van der Waals surface area contributed by atoms with Gasteiger partial charge in [-0.3, -0.25) is 9.55 Å². The van der Waals surface area contributed by atoms with Gasteiger partial charge in [-0.05, 0) is 54.6 Å². The maximum atomic E-state index is 5.59. The molecule has 4 aromatic heterocycles. The van der Waals surface area contributed by atoms with Gasteiger partial charge in [-0.2, -0.15) is 0 Å². The summed E-state index contributed by atoms with van der Waals surface area (Å²) in [6.45, 7) is 0. The molecule has 222 valence electrons. The van der Waals surface area contributed by atoms with Gasteiger partial charge in [0, 0.05) is 57.8 Å². The SMILES string of the molecule is C1=CC2c3c(c4c(nc(-c5ccncc5)n4-c4ccccn4)c4c5ccccc5n(-c5ccccc5)c34)N(c3ccccc3)C2C=C1. The van der Waals surface area contributed by atoms with Gasteiger partial charge in [-0.15, -0.1) is 0 Å². The molecule has 2 aliphatic rings. The maximum absolute atomic E-state index is 5.59. The minimum Gasteiger partial charge on any atom is -0.331 e. The number of rotatable bonds is 4.